The normalized spacial score (nSPS) is 10.4. The van der Waals surface area contributed by atoms with E-state index in [0.29, 0.717) is 11.6 Å². The van der Waals surface area contributed by atoms with Gasteiger partial charge in [-0.1, -0.05) is 12.1 Å². The van der Waals surface area contributed by atoms with Gasteiger partial charge in [-0.05, 0) is 18.6 Å². The molecule has 3 nitrogen and oxygen atoms in total. The zero-order chi connectivity index (χ0) is 10.1. The van der Waals surface area contributed by atoms with Crippen molar-refractivity contribution in [3.8, 4) is 5.88 Å². The van der Waals surface area contributed by atoms with Crippen LogP contribution in [0.15, 0.2) is 24.4 Å². The second-order valence-electron chi connectivity index (χ2n) is 3.22. The Morgan fingerprint density at radius 2 is 2.14 bits per heavy atom. The molecule has 0 bridgehead atoms. The predicted molar refractivity (Wildman–Crippen MR) is 57.4 cm³/mol. The van der Waals surface area contributed by atoms with Crippen LogP contribution in [0.2, 0.25) is 0 Å². The van der Waals surface area contributed by atoms with Gasteiger partial charge in [-0.3, -0.25) is 0 Å². The molecule has 14 heavy (non-hydrogen) atoms. The summed E-state index contributed by atoms with van der Waals surface area (Å²) in [5.41, 5.74) is 7.70. The number of benzene rings is 1. The number of anilines is 1. The molecule has 1 heterocycles. The van der Waals surface area contributed by atoms with Crippen LogP contribution in [0.4, 0.5) is 5.69 Å². The Bertz CT molecular complexity index is 472. The van der Waals surface area contributed by atoms with Crippen molar-refractivity contribution in [1.82, 2.24) is 4.98 Å². The molecule has 0 amide bonds. The highest BCUT2D eigenvalue weighted by Crippen LogP contribution is 2.29. The Balaban J connectivity index is 2.91. The molecule has 0 unspecified atom stereocenters. The zero-order valence-corrected chi connectivity index (χ0v) is 8.24. The minimum Gasteiger partial charge on any atom is -0.481 e. The third-order valence-electron chi connectivity index (χ3n) is 2.31. The molecule has 2 N–H and O–H groups in total. The summed E-state index contributed by atoms with van der Waals surface area (Å²) in [5, 5.41) is 1.99. The molecule has 2 aromatic rings. The maximum absolute atomic E-state index is 5.86. The number of fused-ring (bicyclic) bond motifs is 1. The van der Waals surface area contributed by atoms with Gasteiger partial charge in [0.05, 0.1) is 19.0 Å². The summed E-state index contributed by atoms with van der Waals surface area (Å²) in [4.78, 5) is 4.12. The summed E-state index contributed by atoms with van der Waals surface area (Å²) in [6.45, 7) is 2.03. The fourth-order valence-corrected chi connectivity index (χ4v) is 1.65. The molecule has 1 aromatic carbocycles. The van der Waals surface area contributed by atoms with Crippen molar-refractivity contribution in [3.63, 3.8) is 0 Å². The first kappa shape index (κ1) is 8.81. The second kappa shape index (κ2) is 3.18. The Morgan fingerprint density at radius 3 is 2.86 bits per heavy atom. The van der Waals surface area contributed by atoms with Crippen LogP contribution in [0.1, 0.15) is 5.56 Å². The predicted octanol–water partition coefficient (Wildman–Crippen LogP) is 2.13. The molecular formula is C11H12N2O. The van der Waals surface area contributed by atoms with Gasteiger partial charge in [0, 0.05) is 10.8 Å². The number of hydrogen-bond donors (Lipinski definition) is 1. The summed E-state index contributed by atoms with van der Waals surface area (Å²) in [7, 11) is 1.61. The molecule has 1 aromatic heterocycles. The maximum atomic E-state index is 5.86. The van der Waals surface area contributed by atoms with Crippen molar-refractivity contribution in [2.24, 2.45) is 0 Å². The second-order valence-corrected chi connectivity index (χ2v) is 3.22. The largest absolute Gasteiger partial charge is 0.481 e. The number of pyridine rings is 1. The lowest BCUT2D eigenvalue weighted by molar-refractivity contribution is 0.403. The molecule has 0 aliphatic heterocycles. The zero-order valence-electron chi connectivity index (χ0n) is 8.24. The molecule has 2 rings (SSSR count). The first-order valence-electron chi connectivity index (χ1n) is 4.42. The van der Waals surface area contributed by atoms with Crippen molar-refractivity contribution in [3.05, 3.63) is 30.0 Å². The van der Waals surface area contributed by atoms with Crippen molar-refractivity contribution in [1.29, 1.82) is 0 Å². The van der Waals surface area contributed by atoms with Crippen molar-refractivity contribution in [2.75, 3.05) is 12.8 Å². The number of aryl methyl sites for hydroxylation is 1. The summed E-state index contributed by atoms with van der Waals surface area (Å²) >= 11 is 0. The lowest BCUT2D eigenvalue weighted by Gasteiger charge is -2.08. The maximum Gasteiger partial charge on any atom is 0.221 e. The Morgan fingerprint density at radius 1 is 1.36 bits per heavy atom. The van der Waals surface area contributed by atoms with Crippen LogP contribution in [0.3, 0.4) is 0 Å². The standard InChI is InChI=1S/C11H12N2O/c1-7-4-3-5-8-10(7)9(12)6-13-11(8)14-2/h3-6H,12H2,1-2H3. The van der Waals surface area contributed by atoms with E-state index < -0.39 is 0 Å². The van der Waals surface area contributed by atoms with E-state index in [1.807, 2.05) is 25.1 Å². The number of hydrogen-bond acceptors (Lipinski definition) is 3. The van der Waals surface area contributed by atoms with Crippen LogP contribution in [0.25, 0.3) is 10.8 Å². The van der Waals surface area contributed by atoms with E-state index in [0.717, 1.165) is 16.3 Å². The smallest absolute Gasteiger partial charge is 0.221 e. The molecule has 0 aliphatic rings. The minimum absolute atomic E-state index is 0.623. The molecule has 0 spiro atoms. The minimum atomic E-state index is 0.623. The van der Waals surface area contributed by atoms with Crippen LogP contribution in [0.5, 0.6) is 5.88 Å². The SMILES string of the molecule is COc1ncc(N)c2c(C)cccc12. The summed E-state index contributed by atoms with van der Waals surface area (Å²) < 4.78 is 5.17. The Labute approximate surface area is 82.5 Å². The molecule has 0 aliphatic carbocycles. The van der Waals surface area contributed by atoms with Gasteiger partial charge in [0.25, 0.3) is 0 Å². The highest BCUT2D eigenvalue weighted by atomic mass is 16.5. The lowest BCUT2D eigenvalue weighted by Crippen LogP contribution is -1.95. The highest BCUT2D eigenvalue weighted by Gasteiger charge is 2.06. The number of methoxy groups -OCH3 is 1. The van der Waals surface area contributed by atoms with Gasteiger partial charge in [0.15, 0.2) is 0 Å². The average Bonchev–Trinajstić information content (AvgIpc) is 2.18. The number of rotatable bonds is 1. The van der Waals surface area contributed by atoms with Crippen LogP contribution < -0.4 is 10.5 Å². The molecule has 3 heteroatoms. The van der Waals surface area contributed by atoms with Gasteiger partial charge >= 0.3 is 0 Å². The van der Waals surface area contributed by atoms with E-state index in [9.17, 15) is 0 Å². The van der Waals surface area contributed by atoms with Gasteiger partial charge in [-0.2, -0.15) is 0 Å². The van der Waals surface area contributed by atoms with Crippen LogP contribution in [0, 0.1) is 6.92 Å². The first-order chi connectivity index (χ1) is 6.74. The molecule has 72 valence electrons. The lowest BCUT2D eigenvalue weighted by atomic mass is 10.1. The van der Waals surface area contributed by atoms with Gasteiger partial charge < -0.3 is 10.5 Å². The number of nitrogens with zero attached hydrogens (tertiary/aromatic N) is 1. The number of nitrogen functional groups attached to an aromatic ring is 1. The van der Waals surface area contributed by atoms with Gasteiger partial charge in [0.1, 0.15) is 0 Å². The first-order valence-corrected chi connectivity index (χ1v) is 4.42. The van der Waals surface area contributed by atoms with Gasteiger partial charge in [-0.25, -0.2) is 4.98 Å². The Kier molecular flexibility index (Phi) is 2.00. The highest BCUT2D eigenvalue weighted by molar-refractivity contribution is 5.97. The van der Waals surface area contributed by atoms with E-state index >= 15 is 0 Å². The molecule has 0 saturated carbocycles. The van der Waals surface area contributed by atoms with E-state index in [1.54, 1.807) is 13.3 Å². The monoisotopic (exact) mass is 188 g/mol. The summed E-state index contributed by atoms with van der Waals surface area (Å²) in [6, 6.07) is 5.96. The van der Waals surface area contributed by atoms with Crippen LogP contribution >= 0.6 is 0 Å². The summed E-state index contributed by atoms with van der Waals surface area (Å²) in [5.74, 6) is 0.623. The topological polar surface area (TPSA) is 48.1 Å². The third-order valence-corrected chi connectivity index (χ3v) is 2.31. The summed E-state index contributed by atoms with van der Waals surface area (Å²) in [6.07, 6.45) is 1.63. The van der Waals surface area contributed by atoms with E-state index in [4.69, 9.17) is 10.5 Å². The molecule has 0 atom stereocenters. The number of aromatic nitrogens is 1. The van der Waals surface area contributed by atoms with E-state index in [1.165, 1.54) is 0 Å². The van der Waals surface area contributed by atoms with Gasteiger partial charge in [-0.15, -0.1) is 0 Å². The van der Waals surface area contributed by atoms with Crippen molar-refractivity contribution < 1.29 is 4.74 Å². The molecule has 0 radical (unpaired) electrons. The molecule has 0 fully saturated rings. The fraction of sp³-hybridized carbons (Fsp3) is 0.182. The number of ether oxygens (including phenoxy) is 1. The van der Waals surface area contributed by atoms with E-state index in [-0.39, 0.29) is 0 Å². The quantitative estimate of drug-likeness (QED) is 0.745. The van der Waals surface area contributed by atoms with E-state index in [2.05, 4.69) is 4.98 Å². The number of nitrogens with two attached hydrogens (primary N) is 1. The van der Waals surface area contributed by atoms with Crippen LogP contribution in [-0.4, -0.2) is 12.1 Å². The van der Waals surface area contributed by atoms with Gasteiger partial charge in [0.2, 0.25) is 5.88 Å². The fourth-order valence-electron chi connectivity index (χ4n) is 1.65. The molecular weight excluding hydrogens is 176 g/mol. The third kappa shape index (κ3) is 1.18. The average molecular weight is 188 g/mol. The van der Waals surface area contributed by atoms with Crippen molar-refractivity contribution >= 4 is 16.5 Å². The Hall–Kier alpha value is -1.77. The van der Waals surface area contributed by atoms with Crippen molar-refractivity contribution in [2.45, 2.75) is 6.92 Å². The molecule has 0 saturated heterocycles. The van der Waals surface area contributed by atoms with Crippen LogP contribution in [-0.2, 0) is 0 Å².